The molecule has 0 spiro atoms. The van der Waals surface area contributed by atoms with Gasteiger partial charge in [-0.15, -0.1) is 0 Å². The second-order valence-electron chi connectivity index (χ2n) is 4.64. The number of aromatic nitrogens is 2. The smallest absolute Gasteiger partial charge is 0.0728 e. The average Bonchev–Trinajstić information content (AvgIpc) is 2.89. The third-order valence-electron chi connectivity index (χ3n) is 3.45. The van der Waals surface area contributed by atoms with Crippen molar-refractivity contribution >= 4 is 5.69 Å². The molecule has 0 radical (unpaired) electrons. The maximum absolute atomic E-state index is 8.80. The van der Waals surface area contributed by atoms with Crippen LogP contribution in [-0.2, 0) is 6.54 Å². The highest BCUT2D eigenvalue weighted by molar-refractivity contribution is 5.39. The van der Waals surface area contributed by atoms with Gasteiger partial charge in [-0.05, 0) is 25.2 Å². The molecule has 2 rings (SSSR count). The van der Waals surface area contributed by atoms with Gasteiger partial charge in [0.2, 0.25) is 0 Å². The van der Waals surface area contributed by atoms with Gasteiger partial charge in [0.15, 0.2) is 0 Å². The highest BCUT2D eigenvalue weighted by Crippen LogP contribution is 2.29. The van der Waals surface area contributed by atoms with Crippen molar-refractivity contribution in [1.29, 1.82) is 0 Å². The van der Waals surface area contributed by atoms with Crippen LogP contribution in [0.3, 0.4) is 0 Å². The summed E-state index contributed by atoms with van der Waals surface area (Å²) in [4.78, 5) is 0. The molecule has 1 aromatic heterocycles. The van der Waals surface area contributed by atoms with E-state index in [1.807, 2.05) is 12.4 Å². The summed E-state index contributed by atoms with van der Waals surface area (Å²) in [6, 6.07) is 0.608. The topological polar surface area (TPSA) is 50.1 Å². The second-order valence-corrected chi connectivity index (χ2v) is 4.64. The monoisotopic (exact) mass is 223 g/mol. The third-order valence-corrected chi connectivity index (χ3v) is 3.45. The van der Waals surface area contributed by atoms with Crippen LogP contribution in [0.4, 0.5) is 5.69 Å². The van der Waals surface area contributed by atoms with Gasteiger partial charge in [-0.2, -0.15) is 5.10 Å². The third kappa shape index (κ3) is 2.76. The molecule has 1 saturated carbocycles. The minimum atomic E-state index is 0.141. The Morgan fingerprint density at radius 2 is 2.44 bits per heavy atom. The van der Waals surface area contributed by atoms with Crippen molar-refractivity contribution in [3.63, 3.8) is 0 Å². The first-order chi connectivity index (χ1) is 7.81. The van der Waals surface area contributed by atoms with E-state index in [0.717, 1.165) is 11.6 Å². The van der Waals surface area contributed by atoms with Crippen molar-refractivity contribution in [1.82, 2.24) is 9.78 Å². The Labute approximate surface area is 96.7 Å². The Morgan fingerprint density at radius 1 is 1.56 bits per heavy atom. The number of nitrogens with zero attached hydrogens (tertiary/aromatic N) is 2. The highest BCUT2D eigenvalue weighted by Gasteiger charge is 2.23. The zero-order chi connectivity index (χ0) is 11.4. The maximum Gasteiger partial charge on any atom is 0.0728 e. The zero-order valence-electron chi connectivity index (χ0n) is 9.89. The van der Waals surface area contributed by atoms with E-state index < -0.39 is 0 Å². The van der Waals surface area contributed by atoms with Gasteiger partial charge in [-0.25, -0.2) is 0 Å². The summed E-state index contributed by atoms with van der Waals surface area (Å²) < 4.78 is 1.77. The molecule has 0 amide bonds. The molecule has 1 heterocycles. The van der Waals surface area contributed by atoms with Crippen LogP contribution >= 0.6 is 0 Å². The highest BCUT2D eigenvalue weighted by atomic mass is 16.3. The van der Waals surface area contributed by atoms with Crippen molar-refractivity contribution < 1.29 is 5.11 Å². The van der Waals surface area contributed by atoms with E-state index in [1.54, 1.807) is 4.68 Å². The molecular weight excluding hydrogens is 202 g/mol. The van der Waals surface area contributed by atoms with E-state index in [4.69, 9.17) is 5.11 Å². The fourth-order valence-electron chi connectivity index (χ4n) is 2.48. The van der Waals surface area contributed by atoms with E-state index in [1.165, 1.54) is 25.7 Å². The number of hydrogen-bond donors (Lipinski definition) is 2. The predicted molar refractivity (Wildman–Crippen MR) is 64.4 cm³/mol. The molecule has 0 aromatic carbocycles. The van der Waals surface area contributed by atoms with Crippen LogP contribution in [0.1, 0.15) is 32.6 Å². The molecule has 1 fully saturated rings. The lowest BCUT2D eigenvalue weighted by atomic mass is 10.1. The first-order valence-electron chi connectivity index (χ1n) is 6.21. The summed E-state index contributed by atoms with van der Waals surface area (Å²) in [5.41, 5.74) is 1.08. The summed E-state index contributed by atoms with van der Waals surface area (Å²) in [6.07, 6.45) is 9.00. The van der Waals surface area contributed by atoms with Gasteiger partial charge in [0.1, 0.15) is 0 Å². The molecule has 0 bridgehead atoms. The Bertz CT molecular complexity index is 324. The van der Waals surface area contributed by atoms with Crippen molar-refractivity contribution in [3.05, 3.63) is 12.4 Å². The minimum Gasteiger partial charge on any atom is -0.394 e. The quantitative estimate of drug-likeness (QED) is 0.801. The number of aliphatic hydroxyl groups is 1. The Hall–Kier alpha value is -1.03. The Morgan fingerprint density at radius 3 is 3.12 bits per heavy atom. The van der Waals surface area contributed by atoms with Crippen LogP contribution < -0.4 is 5.32 Å². The molecule has 0 saturated heterocycles. The van der Waals surface area contributed by atoms with E-state index in [9.17, 15) is 0 Å². The standard InChI is InChI=1S/C12H21N3O/c1-2-10-3-4-11(7-10)14-12-8-13-15(9-12)5-6-16/h8-11,14,16H,2-7H2,1H3. The predicted octanol–water partition coefficient (Wildman–Crippen LogP) is 1.87. The molecule has 2 atom stereocenters. The number of nitrogens with one attached hydrogen (secondary N) is 1. The van der Waals surface area contributed by atoms with Crippen LogP contribution in [0.15, 0.2) is 12.4 Å². The van der Waals surface area contributed by atoms with Gasteiger partial charge >= 0.3 is 0 Å². The number of hydrogen-bond acceptors (Lipinski definition) is 3. The normalized spacial score (nSPS) is 24.9. The summed E-state index contributed by atoms with van der Waals surface area (Å²) >= 11 is 0. The molecule has 4 nitrogen and oxygen atoms in total. The molecule has 90 valence electrons. The summed E-state index contributed by atoms with van der Waals surface area (Å²) in [6.45, 7) is 2.98. The number of rotatable bonds is 5. The fourth-order valence-corrected chi connectivity index (χ4v) is 2.48. The van der Waals surface area contributed by atoms with Crippen LogP contribution in [0.25, 0.3) is 0 Å². The number of aliphatic hydroxyl groups excluding tert-OH is 1. The van der Waals surface area contributed by atoms with Gasteiger partial charge in [0.25, 0.3) is 0 Å². The van der Waals surface area contributed by atoms with Crippen molar-refractivity contribution in [3.8, 4) is 0 Å². The lowest BCUT2D eigenvalue weighted by Gasteiger charge is -2.12. The molecule has 2 unspecified atom stereocenters. The van der Waals surface area contributed by atoms with Gasteiger partial charge in [0.05, 0.1) is 25.0 Å². The Kier molecular flexibility index (Phi) is 3.83. The zero-order valence-corrected chi connectivity index (χ0v) is 9.89. The fraction of sp³-hybridized carbons (Fsp3) is 0.750. The second kappa shape index (κ2) is 5.34. The van der Waals surface area contributed by atoms with Gasteiger partial charge < -0.3 is 10.4 Å². The van der Waals surface area contributed by atoms with E-state index >= 15 is 0 Å². The van der Waals surface area contributed by atoms with Crippen molar-refractivity contribution in [2.24, 2.45) is 5.92 Å². The summed E-state index contributed by atoms with van der Waals surface area (Å²) in [5.74, 6) is 0.894. The molecular formula is C12H21N3O. The van der Waals surface area contributed by atoms with Gasteiger partial charge in [-0.1, -0.05) is 13.3 Å². The van der Waals surface area contributed by atoms with E-state index in [2.05, 4.69) is 17.3 Å². The van der Waals surface area contributed by atoms with E-state index in [-0.39, 0.29) is 6.61 Å². The lowest BCUT2D eigenvalue weighted by Crippen LogP contribution is -2.15. The first kappa shape index (κ1) is 11.5. The van der Waals surface area contributed by atoms with Crippen LogP contribution in [0, 0.1) is 5.92 Å². The number of anilines is 1. The van der Waals surface area contributed by atoms with Crippen LogP contribution in [-0.4, -0.2) is 27.5 Å². The Balaban J connectivity index is 1.84. The van der Waals surface area contributed by atoms with Crippen molar-refractivity contribution in [2.75, 3.05) is 11.9 Å². The SMILES string of the molecule is CCC1CCC(Nc2cnn(CCO)c2)C1. The van der Waals surface area contributed by atoms with E-state index in [0.29, 0.717) is 12.6 Å². The van der Waals surface area contributed by atoms with Crippen LogP contribution in [0.2, 0.25) is 0 Å². The minimum absolute atomic E-state index is 0.141. The molecule has 2 N–H and O–H groups in total. The molecule has 1 aromatic rings. The molecule has 4 heteroatoms. The lowest BCUT2D eigenvalue weighted by molar-refractivity contribution is 0.269. The molecule has 16 heavy (non-hydrogen) atoms. The largest absolute Gasteiger partial charge is 0.394 e. The molecule has 0 aliphatic heterocycles. The molecule has 1 aliphatic carbocycles. The van der Waals surface area contributed by atoms with Crippen molar-refractivity contribution in [2.45, 2.75) is 45.2 Å². The summed E-state index contributed by atoms with van der Waals surface area (Å²) in [7, 11) is 0. The maximum atomic E-state index is 8.80. The van der Waals surface area contributed by atoms with Gasteiger partial charge in [0, 0.05) is 12.2 Å². The average molecular weight is 223 g/mol. The molecule has 1 aliphatic rings. The van der Waals surface area contributed by atoms with Gasteiger partial charge in [-0.3, -0.25) is 4.68 Å². The summed E-state index contributed by atoms with van der Waals surface area (Å²) in [5, 5.41) is 16.5. The van der Waals surface area contributed by atoms with Crippen LogP contribution in [0.5, 0.6) is 0 Å². The first-order valence-corrected chi connectivity index (χ1v) is 6.21.